The molecule has 3 aliphatic heterocycles. The molecule has 4 N–H and O–H groups in total. The number of nitrogens with zero attached hydrogens (tertiary/aromatic N) is 2. The molecule has 11 nitrogen and oxygen atoms in total. The molecule has 2 aromatic carbocycles. The van der Waals surface area contributed by atoms with Crippen LogP contribution in [0.4, 0.5) is 13.2 Å². The number of hydrogen-bond donors (Lipinski definition) is 4. The summed E-state index contributed by atoms with van der Waals surface area (Å²) in [4.78, 5) is 32.9. The molecule has 1 saturated heterocycles. The monoisotopic (exact) mass is 827 g/mol. The van der Waals surface area contributed by atoms with Gasteiger partial charge in [0.2, 0.25) is 0 Å². The quantitative estimate of drug-likeness (QED) is 0.159. The summed E-state index contributed by atoms with van der Waals surface area (Å²) in [7, 11) is 0. The van der Waals surface area contributed by atoms with E-state index in [9.17, 15) is 27.9 Å². The zero-order valence-electron chi connectivity index (χ0n) is 36.2. The van der Waals surface area contributed by atoms with Gasteiger partial charge in [-0.1, -0.05) is 97.0 Å². The molecule has 332 valence electrons. The van der Waals surface area contributed by atoms with Crippen LogP contribution in [-0.2, 0) is 32.0 Å². The average Bonchev–Trinajstić information content (AvgIpc) is 3.80. The summed E-state index contributed by atoms with van der Waals surface area (Å²) in [6.07, 6.45) is 4.61. The third kappa shape index (κ3) is 22.0. The van der Waals surface area contributed by atoms with E-state index >= 15 is 0 Å². The third-order valence-electron chi connectivity index (χ3n) is 9.90. The lowest BCUT2D eigenvalue weighted by atomic mass is 9.95. The SMILES string of the molecule is C1CCOC1.CCC[N+](CCC)(CCC)CCC.CCN(CC)CC.O=C(O)C(F)(F)F.O=C(O)C1NCCc2ccccc21.O=C([O-])C1NCCc2ccccc21. The molecule has 2 aromatic rings. The van der Waals surface area contributed by atoms with Crippen LogP contribution < -0.4 is 15.7 Å². The molecule has 3 aliphatic rings. The Morgan fingerprint density at radius 2 is 1.07 bits per heavy atom. The van der Waals surface area contributed by atoms with E-state index in [0.717, 1.165) is 54.9 Å². The van der Waals surface area contributed by atoms with Crippen LogP contribution in [0.5, 0.6) is 0 Å². The largest absolute Gasteiger partial charge is 0.548 e. The van der Waals surface area contributed by atoms with Crippen molar-refractivity contribution < 1.29 is 52.1 Å². The van der Waals surface area contributed by atoms with Crippen molar-refractivity contribution in [1.29, 1.82) is 0 Å². The number of carboxylic acid groups (broad SMARTS) is 3. The molecule has 5 rings (SSSR count). The summed E-state index contributed by atoms with van der Waals surface area (Å²) in [6.45, 7) is 28.4. The van der Waals surface area contributed by atoms with Crippen molar-refractivity contribution in [3.05, 3.63) is 70.8 Å². The van der Waals surface area contributed by atoms with Crippen LogP contribution in [0.25, 0.3) is 0 Å². The summed E-state index contributed by atoms with van der Waals surface area (Å²) >= 11 is 0. The van der Waals surface area contributed by atoms with Gasteiger partial charge in [0.1, 0.15) is 6.04 Å². The molecule has 1 fully saturated rings. The highest BCUT2D eigenvalue weighted by Gasteiger charge is 2.38. The highest BCUT2D eigenvalue weighted by molar-refractivity contribution is 5.76. The number of carbonyl (C=O) groups excluding carboxylic acids is 1. The topological polar surface area (TPSA) is 151 Å². The zero-order valence-corrected chi connectivity index (χ0v) is 36.2. The van der Waals surface area contributed by atoms with E-state index in [1.807, 2.05) is 48.5 Å². The third-order valence-corrected chi connectivity index (χ3v) is 9.90. The highest BCUT2D eigenvalue weighted by atomic mass is 19.4. The number of fused-ring (bicyclic) bond motifs is 2. The maximum atomic E-state index is 10.9. The Balaban J connectivity index is 0.000000695. The Bertz CT molecular complexity index is 1300. The number of quaternary nitrogens is 1. The number of ether oxygens (including phenoxy) is 1. The van der Waals surface area contributed by atoms with E-state index < -0.39 is 36.2 Å². The lowest BCUT2D eigenvalue weighted by molar-refractivity contribution is -0.928. The molecule has 0 bridgehead atoms. The number of nitrogens with one attached hydrogen (secondary N) is 2. The second-order valence-electron chi connectivity index (χ2n) is 14.3. The summed E-state index contributed by atoms with van der Waals surface area (Å²) in [6, 6.07) is 14.1. The number of rotatable bonds is 13. The maximum absolute atomic E-state index is 10.9. The highest BCUT2D eigenvalue weighted by Crippen LogP contribution is 2.23. The van der Waals surface area contributed by atoms with Crippen molar-refractivity contribution in [1.82, 2.24) is 15.5 Å². The first-order valence-electron chi connectivity index (χ1n) is 21.1. The van der Waals surface area contributed by atoms with Gasteiger partial charge in [-0.2, -0.15) is 13.2 Å². The van der Waals surface area contributed by atoms with Gasteiger partial charge in [-0.25, -0.2) is 4.79 Å². The molecule has 3 heterocycles. The van der Waals surface area contributed by atoms with Gasteiger partial charge in [-0.3, -0.25) is 4.79 Å². The Hall–Kier alpha value is -3.56. The number of hydrogen-bond acceptors (Lipinski definition) is 8. The molecule has 0 radical (unpaired) electrons. The van der Waals surface area contributed by atoms with Crippen LogP contribution in [0.2, 0.25) is 0 Å². The Morgan fingerprint density at radius 1 is 0.707 bits per heavy atom. The van der Waals surface area contributed by atoms with E-state index in [0.29, 0.717) is 6.54 Å². The predicted molar refractivity (Wildman–Crippen MR) is 223 cm³/mol. The van der Waals surface area contributed by atoms with Crippen LogP contribution in [0.15, 0.2) is 48.5 Å². The number of alkyl halides is 3. The Morgan fingerprint density at radius 3 is 1.34 bits per heavy atom. The number of aliphatic carboxylic acids is 3. The summed E-state index contributed by atoms with van der Waals surface area (Å²) in [5.74, 6) is -4.60. The second kappa shape index (κ2) is 31.4. The van der Waals surface area contributed by atoms with Crippen LogP contribution in [0.1, 0.15) is 121 Å². The summed E-state index contributed by atoms with van der Waals surface area (Å²) in [5.41, 5.74) is 4.00. The average molecular weight is 827 g/mol. The van der Waals surface area contributed by atoms with Crippen LogP contribution >= 0.6 is 0 Å². The van der Waals surface area contributed by atoms with Crippen LogP contribution in [0.3, 0.4) is 0 Å². The van der Waals surface area contributed by atoms with Gasteiger partial charge in [0, 0.05) is 26.3 Å². The molecule has 2 atom stereocenters. The molecule has 0 amide bonds. The number of benzene rings is 2. The standard InChI is InChI=1S/C12H28N.2C10H11NO2.C6H15N.C4H8O.C2HF3O2/c1-5-9-13(10-6-2,11-7-3)12-8-4;2*12-10(13)9-8-4-2-1-3-7(8)5-6-11-9;1-4-7(5-2)6-3;1-2-4-5-3-1;3-2(4,5)1(6)7/h5-12H2,1-4H3;2*1-4,9,11H,5-6H2,(H,12,13);4-6H2,1-3H3;1-4H2;(H,6,7)/q+1;;;;;/p-1. The fourth-order valence-electron chi connectivity index (χ4n) is 7.19. The maximum Gasteiger partial charge on any atom is 0.490 e. The van der Waals surface area contributed by atoms with Crippen molar-refractivity contribution in [2.24, 2.45) is 0 Å². The number of carboxylic acids is 3. The minimum absolute atomic E-state index is 0.523. The van der Waals surface area contributed by atoms with E-state index in [4.69, 9.17) is 19.7 Å². The minimum Gasteiger partial charge on any atom is -0.548 e. The fraction of sp³-hybridized carbons (Fsp3) is 0.659. The van der Waals surface area contributed by atoms with Crippen LogP contribution in [0, 0.1) is 0 Å². The minimum atomic E-state index is -5.08. The normalized spacial score (nSPS) is 16.7. The van der Waals surface area contributed by atoms with E-state index in [1.165, 1.54) is 88.8 Å². The molecule has 0 saturated carbocycles. The van der Waals surface area contributed by atoms with Gasteiger partial charge in [0.05, 0.1) is 38.2 Å². The van der Waals surface area contributed by atoms with Gasteiger partial charge in [0.15, 0.2) is 0 Å². The molecule has 58 heavy (non-hydrogen) atoms. The van der Waals surface area contributed by atoms with Gasteiger partial charge in [0.25, 0.3) is 0 Å². The van der Waals surface area contributed by atoms with Gasteiger partial charge >= 0.3 is 18.1 Å². The zero-order chi connectivity index (χ0) is 44.0. The van der Waals surface area contributed by atoms with E-state index in [2.05, 4.69) is 64.0 Å². The molecular weight excluding hydrogens is 753 g/mol. The second-order valence-corrected chi connectivity index (χ2v) is 14.3. The lowest BCUT2D eigenvalue weighted by Crippen LogP contribution is -2.50. The first-order valence-corrected chi connectivity index (χ1v) is 21.1. The van der Waals surface area contributed by atoms with Crippen molar-refractivity contribution in [3.8, 4) is 0 Å². The van der Waals surface area contributed by atoms with Gasteiger partial charge < -0.3 is 44.9 Å². The van der Waals surface area contributed by atoms with Crippen LogP contribution in [-0.4, -0.2) is 116 Å². The fourth-order valence-corrected chi connectivity index (χ4v) is 7.19. The van der Waals surface area contributed by atoms with Crippen molar-refractivity contribution in [2.75, 3.05) is 72.1 Å². The predicted octanol–water partition coefficient (Wildman–Crippen LogP) is 6.80. The van der Waals surface area contributed by atoms with Crippen molar-refractivity contribution >= 4 is 17.9 Å². The van der Waals surface area contributed by atoms with E-state index in [-0.39, 0.29) is 0 Å². The van der Waals surface area contributed by atoms with E-state index in [1.54, 1.807) is 0 Å². The van der Waals surface area contributed by atoms with Crippen molar-refractivity contribution in [2.45, 2.75) is 118 Å². The molecule has 0 aromatic heterocycles. The van der Waals surface area contributed by atoms with Gasteiger partial charge in [-0.15, -0.1) is 0 Å². The molecule has 0 spiro atoms. The Labute approximate surface area is 345 Å². The van der Waals surface area contributed by atoms with Crippen molar-refractivity contribution in [3.63, 3.8) is 0 Å². The first-order chi connectivity index (χ1) is 27.6. The number of carbonyl (C=O) groups is 3. The lowest BCUT2D eigenvalue weighted by Gasteiger charge is -2.38. The summed E-state index contributed by atoms with van der Waals surface area (Å²) in [5, 5.41) is 32.7. The Kier molecular flexibility index (Phi) is 29.4. The molecular formula is C44H73F3N4O7. The molecule has 2 unspecified atom stereocenters. The first kappa shape index (κ1) is 54.4. The molecule has 0 aliphatic carbocycles. The summed E-state index contributed by atoms with van der Waals surface area (Å²) < 4.78 is 38.1. The van der Waals surface area contributed by atoms with Gasteiger partial charge in [-0.05, 0) is 93.3 Å². The number of halogens is 3. The molecule has 14 heteroatoms. The smallest absolute Gasteiger partial charge is 0.490 e.